The van der Waals surface area contributed by atoms with E-state index in [4.69, 9.17) is 10.5 Å². The van der Waals surface area contributed by atoms with E-state index >= 15 is 0 Å². The van der Waals surface area contributed by atoms with E-state index in [1.807, 2.05) is 19.2 Å². The van der Waals surface area contributed by atoms with Gasteiger partial charge in [0.2, 0.25) is 5.91 Å². The predicted octanol–water partition coefficient (Wildman–Crippen LogP) is 2.19. The molecule has 6 nitrogen and oxygen atoms in total. The summed E-state index contributed by atoms with van der Waals surface area (Å²) in [5.41, 5.74) is 7.31. The molecule has 0 radical (unpaired) electrons. The average Bonchev–Trinajstić information content (AvgIpc) is 3.02. The van der Waals surface area contributed by atoms with Gasteiger partial charge in [0.15, 0.2) is 5.13 Å². The van der Waals surface area contributed by atoms with Crippen molar-refractivity contribution < 1.29 is 9.53 Å². The molecular formula is C13H18N4O2S2. The first-order valence-corrected chi connectivity index (χ1v) is 8.15. The highest BCUT2D eigenvalue weighted by atomic mass is 32.1. The second kappa shape index (κ2) is 7.08. The zero-order valence-electron chi connectivity index (χ0n) is 12.2. The Kier molecular flexibility index (Phi) is 5.40. The topological polar surface area (TPSA) is 90.1 Å². The van der Waals surface area contributed by atoms with Crippen LogP contribution in [0.25, 0.3) is 10.6 Å². The van der Waals surface area contributed by atoms with Crippen molar-refractivity contribution in [2.45, 2.75) is 26.4 Å². The molecule has 1 amide bonds. The molecule has 1 unspecified atom stereocenters. The van der Waals surface area contributed by atoms with Crippen molar-refractivity contribution >= 4 is 33.7 Å². The predicted molar refractivity (Wildman–Crippen MR) is 85.8 cm³/mol. The van der Waals surface area contributed by atoms with Gasteiger partial charge < -0.3 is 15.8 Å². The number of rotatable bonds is 6. The molecule has 8 heteroatoms. The van der Waals surface area contributed by atoms with Crippen LogP contribution in [-0.4, -0.2) is 35.6 Å². The summed E-state index contributed by atoms with van der Waals surface area (Å²) in [7, 11) is 1.54. The molecule has 114 valence electrons. The molecule has 0 aliphatic heterocycles. The lowest BCUT2D eigenvalue weighted by molar-refractivity contribution is -0.118. The summed E-state index contributed by atoms with van der Waals surface area (Å²) in [6, 6.07) is 0. The molecule has 0 saturated heterocycles. The number of thiazole rings is 2. The highest BCUT2D eigenvalue weighted by molar-refractivity contribution is 7.16. The smallest absolute Gasteiger partial charge is 0.228 e. The summed E-state index contributed by atoms with van der Waals surface area (Å²) < 4.78 is 5.09. The van der Waals surface area contributed by atoms with Gasteiger partial charge in [-0.15, -0.1) is 22.7 Å². The molecule has 2 heterocycles. The van der Waals surface area contributed by atoms with Gasteiger partial charge >= 0.3 is 0 Å². The molecule has 0 fully saturated rings. The maximum atomic E-state index is 11.9. The van der Waals surface area contributed by atoms with E-state index in [0.717, 1.165) is 21.3 Å². The minimum absolute atomic E-state index is 0.148. The fraction of sp³-hybridized carbons (Fsp3) is 0.462. The van der Waals surface area contributed by atoms with Gasteiger partial charge in [0.1, 0.15) is 0 Å². The number of aryl methyl sites for hydroxylation is 2. The van der Waals surface area contributed by atoms with Crippen LogP contribution >= 0.6 is 22.7 Å². The number of hydrogen-bond acceptors (Lipinski definition) is 7. The first kappa shape index (κ1) is 16.0. The van der Waals surface area contributed by atoms with Gasteiger partial charge in [0.25, 0.3) is 0 Å². The van der Waals surface area contributed by atoms with E-state index in [9.17, 15) is 4.79 Å². The standard InChI is InChI=1S/C13H18N4O2S2/c1-7-12(21-8(2)15-7)10-6-20-13(16-10)17-11(18)4-9(5-14)19-3/h6,9H,4-5,14H2,1-3H3,(H,16,17,18). The zero-order chi connectivity index (χ0) is 15.4. The summed E-state index contributed by atoms with van der Waals surface area (Å²) in [6.45, 7) is 4.24. The minimum atomic E-state index is -0.268. The molecule has 3 N–H and O–H groups in total. The van der Waals surface area contributed by atoms with Crippen molar-refractivity contribution in [3.63, 3.8) is 0 Å². The van der Waals surface area contributed by atoms with Crippen LogP contribution < -0.4 is 11.1 Å². The minimum Gasteiger partial charge on any atom is -0.380 e. The lowest BCUT2D eigenvalue weighted by Gasteiger charge is -2.11. The molecule has 0 aliphatic rings. The van der Waals surface area contributed by atoms with Crippen LogP contribution in [0.1, 0.15) is 17.1 Å². The molecule has 1 atom stereocenters. The Morgan fingerprint density at radius 1 is 1.48 bits per heavy atom. The Morgan fingerprint density at radius 3 is 2.81 bits per heavy atom. The number of nitrogens with zero attached hydrogens (tertiary/aromatic N) is 2. The molecular weight excluding hydrogens is 308 g/mol. The number of hydrogen-bond donors (Lipinski definition) is 2. The average molecular weight is 326 g/mol. The number of carbonyl (C=O) groups excluding carboxylic acids is 1. The second-order valence-electron chi connectivity index (χ2n) is 4.53. The van der Waals surface area contributed by atoms with Crippen molar-refractivity contribution in [3.8, 4) is 10.6 Å². The quantitative estimate of drug-likeness (QED) is 0.849. The fourth-order valence-corrected chi connectivity index (χ4v) is 3.52. The van der Waals surface area contributed by atoms with Crippen LogP contribution in [0.5, 0.6) is 0 Å². The van der Waals surface area contributed by atoms with E-state index in [2.05, 4.69) is 15.3 Å². The highest BCUT2D eigenvalue weighted by Gasteiger charge is 2.15. The van der Waals surface area contributed by atoms with Gasteiger partial charge in [-0.2, -0.15) is 0 Å². The summed E-state index contributed by atoms with van der Waals surface area (Å²) in [6.07, 6.45) is -0.0449. The van der Waals surface area contributed by atoms with Gasteiger partial charge in [-0.05, 0) is 13.8 Å². The molecule has 21 heavy (non-hydrogen) atoms. The molecule has 0 spiro atoms. The highest BCUT2D eigenvalue weighted by Crippen LogP contribution is 2.32. The number of nitrogens with two attached hydrogens (primary N) is 1. The molecule has 2 aromatic heterocycles. The number of ether oxygens (including phenoxy) is 1. The number of methoxy groups -OCH3 is 1. The maximum Gasteiger partial charge on any atom is 0.228 e. The maximum absolute atomic E-state index is 11.9. The van der Waals surface area contributed by atoms with E-state index in [-0.39, 0.29) is 18.4 Å². The van der Waals surface area contributed by atoms with Gasteiger partial charge in [-0.1, -0.05) is 0 Å². The van der Waals surface area contributed by atoms with E-state index in [1.54, 1.807) is 18.4 Å². The fourth-order valence-electron chi connectivity index (χ4n) is 1.84. The molecule has 0 aliphatic carbocycles. The number of anilines is 1. The number of aromatic nitrogens is 2. The largest absolute Gasteiger partial charge is 0.380 e. The first-order valence-electron chi connectivity index (χ1n) is 6.46. The Bertz CT molecular complexity index is 619. The Morgan fingerprint density at radius 2 is 2.24 bits per heavy atom. The molecule has 0 aromatic carbocycles. The third-order valence-electron chi connectivity index (χ3n) is 2.90. The van der Waals surface area contributed by atoms with Crippen LogP contribution in [0.3, 0.4) is 0 Å². The number of carbonyl (C=O) groups is 1. The second-order valence-corrected chi connectivity index (χ2v) is 6.59. The normalized spacial score (nSPS) is 12.4. The van der Waals surface area contributed by atoms with Gasteiger partial charge in [0.05, 0.1) is 33.8 Å². The van der Waals surface area contributed by atoms with E-state index in [1.165, 1.54) is 11.3 Å². The summed E-state index contributed by atoms with van der Waals surface area (Å²) in [5, 5.41) is 6.28. The van der Waals surface area contributed by atoms with E-state index in [0.29, 0.717) is 11.7 Å². The van der Waals surface area contributed by atoms with Crippen molar-refractivity contribution in [2.75, 3.05) is 19.0 Å². The monoisotopic (exact) mass is 326 g/mol. The lowest BCUT2D eigenvalue weighted by atomic mass is 10.2. The summed E-state index contributed by atoms with van der Waals surface area (Å²) in [5.74, 6) is -0.148. The zero-order valence-corrected chi connectivity index (χ0v) is 13.8. The molecule has 2 aromatic rings. The van der Waals surface area contributed by atoms with Gasteiger partial charge in [-0.3, -0.25) is 4.79 Å². The number of nitrogens with one attached hydrogen (secondary N) is 1. The summed E-state index contributed by atoms with van der Waals surface area (Å²) >= 11 is 3.00. The SMILES string of the molecule is COC(CN)CC(=O)Nc1nc(-c2sc(C)nc2C)cs1. The third-order valence-corrected chi connectivity index (χ3v) is 4.75. The Labute approximate surface area is 131 Å². The molecule has 0 bridgehead atoms. The van der Waals surface area contributed by atoms with Crippen LogP contribution in [-0.2, 0) is 9.53 Å². The molecule has 0 saturated carbocycles. The van der Waals surface area contributed by atoms with Gasteiger partial charge in [-0.25, -0.2) is 9.97 Å². The van der Waals surface area contributed by atoms with Crippen molar-refractivity contribution in [2.24, 2.45) is 5.73 Å². The van der Waals surface area contributed by atoms with Gasteiger partial charge in [0, 0.05) is 19.0 Å². The number of amides is 1. The lowest BCUT2D eigenvalue weighted by Crippen LogP contribution is -2.28. The summed E-state index contributed by atoms with van der Waals surface area (Å²) in [4.78, 5) is 21.7. The van der Waals surface area contributed by atoms with Crippen LogP contribution in [0, 0.1) is 13.8 Å². The van der Waals surface area contributed by atoms with Crippen molar-refractivity contribution in [1.29, 1.82) is 0 Å². The first-order chi connectivity index (χ1) is 10.0. The van der Waals surface area contributed by atoms with Crippen molar-refractivity contribution in [3.05, 3.63) is 16.1 Å². The van der Waals surface area contributed by atoms with Crippen LogP contribution in [0.2, 0.25) is 0 Å². The third kappa shape index (κ3) is 4.07. The van der Waals surface area contributed by atoms with Crippen LogP contribution in [0.15, 0.2) is 5.38 Å². The Balaban J connectivity index is 2.03. The Hall–Kier alpha value is -1.35. The van der Waals surface area contributed by atoms with Crippen molar-refractivity contribution in [1.82, 2.24) is 9.97 Å². The molecule has 2 rings (SSSR count). The van der Waals surface area contributed by atoms with E-state index < -0.39 is 0 Å². The van der Waals surface area contributed by atoms with Crippen LogP contribution in [0.4, 0.5) is 5.13 Å².